The number of anilines is 1. The van der Waals surface area contributed by atoms with Gasteiger partial charge in [-0.3, -0.25) is 4.79 Å². The average molecular weight is 432 g/mol. The smallest absolute Gasteiger partial charge is 0.255 e. The standard InChI is InChI=1S/C21H24N2O6S/c24-21(23-16-6-9-19-20(13-16)29-12-2-11-28-19)15-4-7-18(8-5-15)30(25,26)22-14-17-3-1-10-27-17/h4-9,13,17,22H,1-3,10-12,14H2,(H,23,24). The molecule has 2 aliphatic heterocycles. The van der Waals surface area contributed by atoms with Gasteiger partial charge in [-0.05, 0) is 49.2 Å². The van der Waals surface area contributed by atoms with E-state index >= 15 is 0 Å². The summed E-state index contributed by atoms with van der Waals surface area (Å²) in [5.74, 6) is 0.889. The largest absolute Gasteiger partial charge is 0.490 e. The van der Waals surface area contributed by atoms with E-state index in [9.17, 15) is 13.2 Å². The van der Waals surface area contributed by atoms with E-state index in [1.54, 1.807) is 18.2 Å². The topological polar surface area (TPSA) is 103 Å². The number of ether oxygens (including phenoxy) is 3. The number of sulfonamides is 1. The van der Waals surface area contributed by atoms with Gasteiger partial charge in [0.1, 0.15) is 0 Å². The molecule has 9 heteroatoms. The summed E-state index contributed by atoms with van der Waals surface area (Å²) >= 11 is 0. The molecule has 1 unspecified atom stereocenters. The first-order chi connectivity index (χ1) is 14.5. The zero-order valence-corrected chi connectivity index (χ0v) is 17.2. The highest BCUT2D eigenvalue weighted by Gasteiger charge is 2.20. The van der Waals surface area contributed by atoms with Crippen LogP contribution in [0.25, 0.3) is 0 Å². The van der Waals surface area contributed by atoms with Gasteiger partial charge in [0.2, 0.25) is 10.0 Å². The maximum absolute atomic E-state index is 12.5. The monoisotopic (exact) mass is 432 g/mol. The number of nitrogens with one attached hydrogen (secondary N) is 2. The number of carbonyl (C=O) groups is 1. The van der Waals surface area contributed by atoms with Crippen molar-refractivity contribution in [1.29, 1.82) is 0 Å². The first kappa shape index (κ1) is 20.6. The molecule has 2 N–H and O–H groups in total. The molecule has 4 rings (SSSR count). The van der Waals surface area contributed by atoms with Gasteiger partial charge >= 0.3 is 0 Å². The fourth-order valence-corrected chi connectivity index (χ4v) is 4.39. The third-order valence-electron chi connectivity index (χ3n) is 4.96. The second kappa shape index (κ2) is 9.03. The molecule has 2 aromatic rings. The molecular weight excluding hydrogens is 408 g/mol. The van der Waals surface area contributed by atoms with Crippen molar-refractivity contribution in [3.63, 3.8) is 0 Å². The van der Waals surface area contributed by atoms with Crippen molar-refractivity contribution in [1.82, 2.24) is 4.72 Å². The molecule has 1 atom stereocenters. The number of benzene rings is 2. The average Bonchev–Trinajstić information content (AvgIpc) is 3.17. The van der Waals surface area contributed by atoms with E-state index in [1.165, 1.54) is 24.3 Å². The summed E-state index contributed by atoms with van der Waals surface area (Å²) in [7, 11) is -3.65. The Bertz CT molecular complexity index is 1000. The molecule has 2 heterocycles. The Labute approximate surface area is 175 Å². The zero-order valence-electron chi connectivity index (χ0n) is 16.4. The van der Waals surface area contributed by atoms with Gasteiger partial charge in [0.15, 0.2) is 11.5 Å². The molecule has 0 radical (unpaired) electrons. The molecule has 1 fully saturated rings. The molecule has 1 saturated heterocycles. The highest BCUT2D eigenvalue weighted by molar-refractivity contribution is 7.89. The highest BCUT2D eigenvalue weighted by Crippen LogP contribution is 2.32. The second-order valence-corrected chi connectivity index (χ2v) is 8.94. The van der Waals surface area contributed by atoms with Crippen LogP contribution >= 0.6 is 0 Å². The lowest BCUT2D eigenvalue weighted by molar-refractivity contribution is 0.102. The molecule has 0 aliphatic carbocycles. The molecule has 2 aromatic carbocycles. The Morgan fingerprint density at radius 2 is 1.73 bits per heavy atom. The van der Waals surface area contributed by atoms with Crippen LogP contribution < -0.4 is 19.5 Å². The first-order valence-corrected chi connectivity index (χ1v) is 11.4. The maximum atomic E-state index is 12.5. The van der Waals surface area contributed by atoms with Crippen molar-refractivity contribution in [2.45, 2.75) is 30.3 Å². The summed E-state index contributed by atoms with van der Waals surface area (Å²) in [6.07, 6.45) is 2.51. The van der Waals surface area contributed by atoms with E-state index in [0.29, 0.717) is 42.6 Å². The van der Waals surface area contributed by atoms with Crippen LogP contribution in [0.5, 0.6) is 11.5 Å². The zero-order chi connectivity index (χ0) is 21.0. The number of hydrogen-bond acceptors (Lipinski definition) is 6. The minimum absolute atomic E-state index is 0.0832. The predicted molar refractivity (Wildman–Crippen MR) is 111 cm³/mol. The minimum atomic E-state index is -3.65. The van der Waals surface area contributed by atoms with Crippen molar-refractivity contribution in [3.8, 4) is 11.5 Å². The lowest BCUT2D eigenvalue weighted by Crippen LogP contribution is -2.31. The molecule has 0 bridgehead atoms. The number of fused-ring (bicyclic) bond motifs is 1. The Balaban J connectivity index is 1.39. The van der Waals surface area contributed by atoms with E-state index in [0.717, 1.165) is 19.3 Å². The molecule has 0 aromatic heterocycles. The molecule has 2 aliphatic rings. The van der Waals surface area contributed by atoms with Crippen molar-refractivity contribution in [2.24, 2.45) is 0 Å². The summed E-state index contributed by atoms with van der Waals surface area (Å²) in [4.78, 5) is 12.7. The van der Waals surface area contributed by atoms with E-state index in [2.05, 4.69) is 10.0 Å². The van der Waals surface area contributed by atoms with Crippen LogP contribution in [0.4, 0.5) is 5.69 Å². The minimum Gasteiger partial charge on any atom is -0.490 e. The Hall–Kier alpha value is -2.62. The third-order valence-corrected chi connectivity index (χ3v) is 6.40. The summed E-state index contributed by atoms with van der Waals surface area (Å²) in [6.45, 7) is 2.06. The molecule has 0 spiro atoms. The Morgan fingerprint density at radius 1 is 0.967 bits per heavy atom. The molecule has 8 nitrogen and oxygen atoms in total. The van der Waals surface area contributed by atoms with Crippen LogP contribution in [0.15, 0.2) is 47.4 Å². The van der Waals surface area contributed by atoms with Gasteiger partial charge in [0, 0.05) is 36.9 Å². The molecule has 160 valence electrons. The van der Waals surface area contributed by atoms with Crippen molar-refractivity contribution >= 4 is 21.6 Å². The summed E-state index contributed by atoms with van der Waals surface area (Å²) < 4.78 is 44.1. The van der Waals surface area contributed by atoms with Gasteiger partial charge in [0.25, 0.3) is 5.91 Å². The van der Waals surface area contributed by atoms with Crippen molar-refractivity contribution in [2.75, 3.05) is 31.7 Å². The maximum Gasteiger partial charge on any atom is 0.255 e. The summed E-state index contributed by atoms with van der Waals surface area (Å²) in [5.41, 5.74) is 0.916. The van der Waals surface area contributed by atoms with Crippen LogP contribution in [0.2, 0.25) is 0 Å². The van der Waals surface area contributed by atoms with E-state index in [-0.39, 0.29) is 23.5 Å². The van der Waals surface area contributed by atoms with Crippen molar-refractivity contribution < 1.29 is 27.4 Å². The normalized spacial score (nSPS) is 18.6. The SMILES string of the molecule is O=C(Nc1ccc2c(c1)OCCCO2)c1ccc(S(=O)(=O)NCC2CCCO2)cc1. The fraction of sp³-hybridized carbons (Fsp3) is 0.381. The van der Waals surface area contributed by atoms with Gasteiger partial charge in [0.05, 0.1) is 24.2 Å². The van der Waals surface area contributed by atoms with Gasteiger partial charge < -0.3 is 19.5 Å². The Kier molecular flexibility index (Phi) is 6.21. The van der Waals surface area contributed by atoms with Crippen LogP contribution in [0.3, 0.4) is 0 Å². The quantitative estimate of drug-likeness (QED) is 0.727. The van der Waals surface area contributed by atoms with Crippen LogP contribution in [0, 0.1) is 0 Å². The number of rotatable bonds is 6. The predicted octanol–water partition coefficient (Wildman–Crippen LogP) is 2.56. The fourth-order valence-electron chi connectivity index (χ4n) is 3.32. The van der Waals surface area contributed by atoms with Gasteiger partial charge in [-0.2, -0.15) is 0 Å². The Morgan fingerprint density at radius 3 is 2.47 bits per heavy atom. The number of hydrogen-bond donors (Lipinski definition) is 2. The molecule has 1 amide bonds. The van der Waals surface area contributed by atoms with Crippen LogP contribution in [0.1, 0.15) is 29.6 Å². The molecular formula is C21H24N2O6S. The highest BCUT2D eigenvalue weighted by atomic mass is 32.2. The van der Waals surface area contributed by atoms with E-state index in [4.69, 9.17) is 14.2 Å². The summed E-state index contributed by atoms with van der Waals surface area (Å²) in [6, 6.07) is 11.0. The third kappa shape index (κ3) is 4.92. The second-order valence-electron chi connectivity index (χ2n) is 7.18. The molecule has 0 saturated carbocycles. The van der Waals surface area contributed by atoms with Crippen LogP contribution in [-0.2, 0) is 14.8 Å². The van der Waals surface area contributed by atoms with E-state index in [1.807, 2.05) is 0 Å². The van der Waals surface area contributed by atoms with Gasteiger partial charge in [-0.15, -0.1) is 0 Å². The molecule has 30 heavy (non-hydrogen) atoms. The van der Waals surface area contributed by atoms with Crippen molar-refractivity contribution in [3.05, 3.63) is 48.0 Å². The summed E-state index contributed by atoms with van der Waals surface area (Å²) in [5, 5.41) is 2.79. The van der Waals surface area contributed by atoms with Gasteiger partial charge in [-0.25, -0.2) is 13.1 Å². The lowest BCUT2D eigenvalue weighted by atomic mass is 10.2. The number of amides is 1. The number of carbonyl (C=O) groups excluding carboxylic acids is 1. The first-order valence-electron chi connectivity index (χ1n) is 9.94. The lowest BCUT2D eigenvalue weighted by Gasteiger charge is -2.12. The van der Waals surface area contributed by atoms with Crippen LogP contribution in [-0.4, -0.2) is 46.8 Å². The van der Waals surface area contributed by atoms with E-state index < -0.39 is 10.0 Å². The van der Waals surface area contributed by atoms with Gasteiger partial charge in [-0.1, -0.05) is 0 Å².